The predicted molar refractivity (Wildman–Crippen MR) is 60.8 cm³/mol. The third kappa shape index (κ3) is 1.74. The molecule has 0 radical (unpaired) electrons. The average Bonchev–Trinajstić information content (AvgIpc) is 2.15. The van der Waals surface area contributed by atoms with Crippen LogP contribution < -0.4 is 5.32 Å². The third-order valence-corrected chi connectivity index (χ3v) is 3.85. The molecular formula is C11H15NOS. The molecule has 2 N–H and O–H groups in total. The van der Waals surface area contributed by atoms with Gasteiger partial charge >= 0.3 is 0 Å². The highest BCUT2D eigenvalue weighted by molar-refractivity contribution is 7.99. The molecule has 1 aliphatic rings. The fraction of sp³-hybridized carbons (Fsp3) is 0.455. The number of aliphatic hydroxyl groups excluding tert-OH is 1. The lowest BCUT2D eigenvalue weighted by Crippen LogP contribution is -2.36. The molecule has 0 aromatic heterocycles. The van der Waals surface area contributed by atoms with Gasteiger partial charge in [0.2, 0.25) is 0 Å². The van der Waals surface area contributed by atoms with Crippen LogP contribution in [0.3, 0.4) is 0 Å². The van der Waals surface area contributed by atoms with Gasteiger partial charge in [-0.25, -0.2) is 0 Å². The average molecular weight is 209 g/mol. The maximum absolute atomic E-state index is 9.21. The molecule has 0 saturated carbocycles. The Balaban J connectivity index is 2.43. The monoisotopic (exact) mass is 209 g/mol. The number of thioether (sulfide) groups is 1. The van der Waals surface area contributed by atoms with E-state index >= 15 is 0 Å². The summed E-state index contributed by atoms with van der Waals surface area (Å²) in [4.78, 5) is 1.25. The Bertz CT molecular complexity index is 335. The van der Waals surface area contributed by atoms with E-state index < -0.39 is 0 Å². The summed E-state index contributed by atoms with van der Waals surface area (Å²) in [6, 6.07) is 6.06. The molecule has 1 aromatic carbocycles. The van der Waals surface area contributed by atoms with E-state index in [-0.39, 0.29) is 12.1 Å². The van der Waals surface area contributed by atoms with Crippen LogP contribution in [0.5, 0.6) is 0 Å². The minimum atomic E-state index is 0.104. The first kappa shape index (κ1) is 9.87. The van der Waals surface area contributed by atoms with Crippen molar-refractivity contribution in [1.82, 2.24) is 0 Å². The molecule has 1 aliphatic heterocycles. The summed E-state index contributed by atoms with van der Waals surface area (Å²) >= 11 is 1.85. The van der Waals surface area contributed by atoms with Crippen LogP contribution in [0.2, 0.25) is 0 Å². The molecule has 2 nitrogen and oxygen atoms in total. The highest BCUT2D eigenvalue weighted by atomic mass is 32.2. The van der Waals surface area contributed by atoms with E-state index in [2.05, 4.69) is 25.2 Å². The molecule has 1 aromatic rings. The van der Waals surface area contributed by atoms with Crippen molar-refractivity contribution in [1.29, 1.82) is 0 Å². The molecule has 0 unspecified atom stereocenters. The quantitative estimate of drug-likeness (QED) is 0.745. The lowest BCUT2D eigenvalue weighted by atomic mass is 10.1. The second kappa shape index (κ2) is 3.48. The van der Waals surface area contributed by atoms with E-state index in [9.17, 15) is 5.11 Å². The molecule has 0 saturated heterocycles. The molecule has 0 aliphatic carbocycles. The van der Waals surface area contributed by atoms with Crippen LogP contribution in [-0.4, -0.2) is 16.4 Å². The summed E-state index contributed by atoms with van der Waals surface area (Å²) in [7, 11) is 0. The Kier molecular flexibility index (Phi) is 2.45. The minimum absolute atomic E-state index is 0.104. The summed E-state index contributed by atoms with van der Waals surface area (Å²) in [5.74, 6) is 1.06. The van der Waals surface area contributed by atoms with Crippen LogP contribution in [0.15, 0.2) is 23.1 Å². The van der Waals surface area contributed by atoms with E-state index in [0.717, 1.165) is 17.0 Å². The van der Waals surface area contributed by atoms with Crippen molar-refractivity contribution in [3.05, 3.63) is 23.8 Å². The molecule has 76 valence electrons. The normalized spacial score (nSPS) is 18.5. The van der Waals surface area contributed by atoms with Crippen molar-refractivity contribution in [2.75, 3.05) is 11.1 Å². The van der Waals surface area contributed by atoms with Gasteiger partial charge in [0.15, 0.2) is 0 Å². The van der Waals surface area contributed by atoms with Crippen molar-refractivity contribution in [2.24, 2.45) is 0 Å². The lowest BCUT2D eigenvalue weighted by molar-refractivity contribution is 0.282. The first-order chi connectivity index (χ1) is 6.62. The van der Waals surface area contributed by atoms with Gasteiger partial charge in [-0.1, -0.05) is 12.1 Å². The number of hydrogen-bond donors (Lipinski definition) is 2. The van der Waals surface area contributed by atoms with E-state index in [1.165, 1.54) is 4.90 Å². The van der Waals surface area contributed by atoms with E-state index in [1.54, 1.807) is 0 Å². The number of benzene rings is 1. The second-order valence-corrected chi connectivity index (χ2v) is 5.26. The van der Waals surface area contributed by atoms with E-state index in [4.69, 9.17) is 0 Å². The van der Waals surface area contributed by atoms with Gasteiger partial charge in [0.1, 0.15) is 0 Å². The summed E-state index contributed by atoms with van der Waals surface area (Å²) in [6.07, 6.45) is 0. The first-order valence-corrected chi connectivity index (χ1v) is 5.75. The smallest absolute Gasteiger partial charge is 0.0702 e. The topological polar surface area (TPSA) is 32.3 Å². The molecule has 0 fully saturated rings. The van der Waals surface area contributed by atoms with Crippen LogP contribution >= 0.6 is 11.8 Å². The molecule has 0 bridgehead atoms. The highest BCUT2D eigenvalue weighted by Gasteiger charge is 2.25. The number of para-hydroxylation sites is 1. The number of aliphatic hydroxyl groups is 1. The summed E-state index contributed by atoms with van der Waals surface area (Å²) < 4.78 is 0. The Morgan fingerprint density at radius 2 is 2.29 bits per heavy atom. The van der Waals surface area contributed by atoms with Gasteiger partial charge < -0.3 is 10.4 Å². The van der Waals surface area contributed by atoms with E-state index in [0.29, 0.717) is 0 Å². The van der Waals surface area contributed by atoms with Crippen molar-refractivity contribution in [3.63, 3.8) is 0 Å². The first-order valence-electron chi connectivity index (χ1n) is 4.76. The number of fused-ring (bicyclic) bond motifs is 1. The molecule has 0 spiro atoms. The number of rotatable bonds is 1. The number of nitrogens with one attached hydrogen (secondary N) is 1. The second-order valence-electron chi connectivity index (χ2n) is 4.25. The Labute approximate surface area is 88.7 Å². The molecule has 14 heavy (non-hydrogen) atoms. The van der Waals surface area contributed by atoms with Gasteiger partial charge in [-0.2, -0.15) is 0 Å². The number of hydrogen-bond acceptors (Lipinski definition) is 3. The Hall–Kier alpha value is -0.670. The highest BCUT2D eigenvalue weighted by Crippen LogP contribution is 2.38. The maximum Gasteiger partial charge on any atom is 0.0702 e. The zero-order valence-corrected chi connectivity index (χ0v) is 9.32. The van der Waals surface area contributed by atoms with Crippen LogP contribution in [-0.2, 0) is 6.61 Å². The van der Waals surface area contributed by atoms with Gasteiger partial charge in [-0.15, -0.1) is 11.8 Å². The summed E-state index contributed by atoms with van der Waals surface area (Å²) in [5.41, 5.74) is 2.21. The maximum atomic E-state index is 9.21. The van der Waals surface area contributed by atoms with Gasteiger partial charge in [0.25, 0.3) is 0 Å². The molecule has 0 amide bonds. The summed E-state index contributed by atoms with van der Waals surface area (Å²) in [5, 5.41) is 12.7. The SMILES string of the molecule is CC1(C)CSc2cccc(CO)c2N1. The lowest BCUT2D eigenvalue weighted by Gasteiger charge is -2.34. The fourth-order valence-corrected chi connectivity index (χ4v) is 2.69. The van der Waals surface area contributed by atoms with Crippen molar-refractivity contribution >= 4 is 17.4 Å². The Morgan fingerprint density at radius 3 is 3.00 bits per heavy atom. The fourth-order valence-electron chi connectivity index (χ4n) is 1.60. The Morgan fingerprint density at radius 1 is 1.50 bits per heavy atom. The van der Waals surface area contributed by atoms with Crippen LogP contribution in [0.4, 0.5) is 5.69 Å². The molecule has 0 atom stereocenters. The van der Waals surface area contributed by atoms with Crippen molar-refractivity contribution < 1.29 is 5.11 Å². The van der Waals surface area contributed by atoms with Gasteiger partial charge in [0, 0.05) is 21.8 Å². The van der Waals surface area contributed by atoms with Gasteiger partial charge in [0.05, 0.1) is 12.3 Å². The third-order valence-electron chi connectivity index (χ3n) is 2.33. The number of anilines is 1. The molecule has 1 heterocycles. The van der Waals surface area contributed by atoms with Crippen LogP contribution in [0.25, 0.3) is 0 Å². The molecule has 2 rings (SSSR count). The van der Waals surface area contributed by atoms with E-state index in [1.807, 2.05) is 23.9 Å². The van der Waals surface area contributed by atoms with Crippen molar-refractivity contribution in [2.45, 2.75) is 30.9 Å². The standard InChI is InChI=1S/C11H15NOS/c1-11(2)7-14-9-5-3-4-8(6-13)10(9)12-11/h3-5,12-13H,6-7H2,1-2H3. The zero-order valence-electron chi connectivity index (χ0n) is 8.50. The van der Waals surface area contributed by atoms with Crippen LogP contribution in [0.1, 0.15) is 19.4 Å². The van der Waals surface area contributed by atoms with Crippen LogP contribution in [0, 0.1) is 0 Å². The predicted octanol–water partition coefficient (Wildman–Crippen LogP) is 2.48. The van der Waals surface area contributed by atoms with Gasteiger partial charge in [-0.3, -0.25) is 0 Å². The van der Waals surface area contributed by atoms with Crippen molar-refractivity contribution in [3.8, 4) is 0 Å². The molecular weight excluding hydrogens is 194 g/mol. The zero-order chi connectivity index (χ0) is 10.2. The molecule has 3 heteroatoms. The minimum Gasteiger partial charge on any atom is -0.392 e. The largest absolute Gasteiger partial charge is 0.392 e. The van der Waals surface area contributed by atoms with Gasteiger partial charge in [-0.05, 0) is 19.9 Å². The summed E-state index contributed by atoms with van der Waals surface area (Å²) in [6.45, 7) is 4.46.